The van der Waals surface area contributed by atoms with E-state index in [-0.39, 0.29) is 5.41 Å². The van der Waals surface area contributed by atoms with Crippen molar-refractivity contribution in [2.75, 3.05) is 6.54 Å². The van der Waals surface area contributed by atoms with Crippen molar-refractivity contribution in [3.8, 4) is 0 Å². The molecular formula is C11H18N2S. The predicted molar refractivity (Wildman–Crippen MR) is 60.8 cm³/mol. The number of thiazole rings is 1. The fraction of sp³-hybridized carbons (Fsp3) is 0.727. The molecule has 14 heavy (non-hydrogen) atoms. The van der Waals surface area contributed by atoms with Crippen molar-refractivity contribution >= 4 is 11.3 Å². The van der Waals surface area contributed by atoms with Crippen LogP contribution in [0, 0.1) is 0 Å². The minimum atomic E-state index is 0.0402. The molecule has 1 aromatic heterocycles. The molecule has 0 aromatic carbocycles. The molecule has 0 atom stereocenters. The number of nitrogens with zero attached hydrogens (tertiary/aromatic N) is 1. The van der Waals surface area contributed by atoms with E-state index in [1.54, 1.807) is 0 Å². The summed E-state index contributed by atoms with van der Waals surface area (Å²) in [5.41, 5.74) is 6.95. The van der Waals surface area contributed by atoms with Gasteiger partial charge in [0, 0.05) is 23.3 Å². The van der Waals surface area contributed by atoms with Crippen LogP contribution in [0.25, 0.3) is 0 Å². The van der Waals surface area contributed by atoms with E-state index in [0.717, 1.165) is 5.92 Å². The van der Waals surface area contributed by atoms with E-state index in [4.69, 9.17) is 10.7 Å². The van der Waals surface area contributed by atoms with E-state index in [1.165, 1.54) is 30.0 Å². The minimum Gasteiger partial charge on any atom is -0.330 e. The highest BCUT2D eigenvalue weighted by atomic mass is 32.1. The lowest BCUT2D eigenvalue weighted by molar-refractivity contribution is 0.415. The largest absolute Gasteiger partial charge is 0.330 e. The van der Waals surface area contributed by atoms with Crippen LogP contribution >= 0.6 is 11.3 Å². The van der Waals surface area contributed by atoms with Crippen LogP contribution in [0.1, 0.15) is 49.7 Å². The number of aromatic nitrogens is 1. The molecule has 0 radical (unpaired) electrons. The first-order chi connectivity index (χ1) is 6.63. The van der Waals surface area contributed by atoms with Gasteiger partial charge in [-0.15, -0.1) is 11.3 Å². The molecule has 2 rings (SSSR count). The summed E-state index contributed by atoms with van der Waals surface area (Å²) >= 11 is 1.81. The number of hydrogen-bond acceptors (Lipinski definition) is 3. The molecule has 1 saturated carbocycles. The highest BCUT2D eigenvalue weighted by Crippen LogP contribution is 2.38. The molecule has 2 N–H and O–H groups in total. The Bertz CT molecular complexity index is 313. The van der Waals surface area contributed by atoms with Gasteiger partial charge in [-0.2, -0.15) is 0 Å². The summed E-state index contributed by atoms with van der Waals surface area (Å²) in [6.45, 7) is 4.99. The Hall–Kier alpha value is -0.410. The SMILES string of the molecule is CC(C)(CN)c1csc(C2CCC2)n1. The molecule has 0 aliphatic heterocycles. The van der Waals surface area contributed by atoms with E-state index in [2.05, 4.69) is 19.2 Å². The summed E-state index contributed by atoms with van der Waals surface area (Å²) in [4.78, 5) is 4.71. The molecule has 3 heteroatoms. The Morgan fingerprint density at radius 3 is 2.79 bits per heavy atom. The molecule has 2 nitrogen and oxygen atoms in total. The molecule has 0 bridgehead atoms. The van der Waals surface area contributed by atoms with Gasteiger partial charge in [0.15, 0.2) is 0 Å². The second-order valence-electron chi connectivity index (χ2n) is 4.79. The van der Waals surface area contributed by atoms with Gasteiger partial charge in [-0.05, 0) is 12.8 Å². The highest BCUT2D eigenvalue weighted by molar-refractivity contribution is 7.09. The number of rotatable bonds is 3. The van der Waals surface area contributed by atoms with Gasteiger partial charge in [-0.1, -0.05) is 20.3 Å². The second-order valence-corrected chi connectivity index (χ2v) is 5.68. The zero-order valence-corrected chi connectivity index (χ0v) is 9.73. The maximum absolute atomic E-state index is 5.73. The molecule has 1 heterocycles. The molecule has 1 aliphatic carbocycles. The minimum absolute atomic E-state index is 0.0402. The number of nitrogens with two attached hydrogens (primary N) is 1. The fourth-order valence-electron chi connectivity index (χ4n) is 1.55. The average Bonchev–Trinajstić information content (AvgIpc) is 2.51. The number of hydrogen-bond donors (Lipinski definition) is 1. The maximum atomic E-state index is 5.73. The summed E-state index contributed by atoms with van der Waals surface area (Å²) in [7, 11) is 0. The van der Waals surface area contributed by atoms with Crippen LogP contribution in [0.15, 0.2) is 5.38 Å². The van der Waals surface area contributed by atoms with Gasteiger partial charge in [0.25, 0.3) is 0 Å². The van der Waals surface area contributed by atoms with Crippen molar-refractivity contribution in [1.82, 2.24) is 4.98 Å². The normalized spacial score (nSPS) is 18.2. The molecule has 0 unspecified atom stereocenters. The van der Waals surface area contributed by atoms with E-state index in [1.807, 2.05) is 11.3 Å². The van der Waals surface area contributed by atoms with Gasteiger partial charge in [0.2, 0.25) is 0 Å². The molecule has 0 spiro atoms. The van der Waals surface area contributed by atoms with E-state index >= 15 is 0 Å². The van der Waals surface area contributed by atoms with E-state index < -0.39 is 0 Å². The predicted octanol–water partition coefficient (Wildman–Crippen LogP) is 2.65. The standard InChI is InChI=1S/C11H18N2S/c1-11(2,7-12)9-6-14-10(13-9)8-4-3-5-8/h6,8H,3-5,7,12H2,1-2H3. The lowest BCUT2D eigenvalue weighted by Crippen LogP contribution is -2.28. The van der Waals surface area contributed by atoms with Crippen molar-refractivity contribution in [2.24, 2.45) is 5.73 Å². The summed E-state index contributed by atoms with van der Waals surface area (Å²) in [6.07, 6.45) is 4.03. The third-order valence-electron chi connectivity index (χ3n) is 3.18. The van der Waals surface area contributed by atoms with E-state index in [9.17, 15) is 0 Å². The zero-order valence-electron chi connectivity index (χ0n) is 8.92. The van der Waals surface area contributed by atoms with Crippen molar-refractivity contribution in [1.29, 1.82) is 0 Å². The van der Waals surface area contributed by atoms with Crippen LogP contribution in [-0.4, -0.2) is 11.5 Å². The summed E-state index contributed by atoms with van der Waals surface area (Å²) in [5.74, 6) is 0.752. The molecule has 1 fully saturated rings. The van der Waals surface area contributed by atoms with Gasteiger partial charge < -0.3 is 5.73 Å². The van der Waals surface area contributed by atoms with Crippen LogP contribution < -0.4 is 5.73 Å². The first-order valence-corrected chi connectivity index (χ1v) is 6.17. The van der Waals surface area contributed by atoms with Crippen molar-refractivity contribution < 1.29 is 0 Å². The molecule has 1 aliphatic rings. The Morgan fingerprint density at radius 1 is 1.57 bits per heavy atom. The smallest absolute Gasteiger partial charge is 0.0959 e. The van der Waals surface area contributed by atoms with E-state index in [0.29, 0.717) is 6.54 Å². The summed E-state index contributed by atoms with van der Waals surface area (Å²) < 4.78 is 0. The molecule has 0 saturated heterocycles. The maximum Gasteiger partial charge on any atom is 0.0959 e. The van der Waals surface area contributed by atoms with Crippen LogP contribution in [0.4, 0.5) is 0 Å². The van der Waals surface area contributed by atoms with Gasteiger partial charge in [0.1, 0.15) is 0 Å². The first kappa shape index (κ1) is 10.1. The average molecular weight is 210 g/mol. The first-order valence-electron chi connectivity index (χ1n) is 5.29. The molecule has 1 aromatic rings. The zero-order chi connectivity index (χ0) is 10.2. The van der Waals surface area contributed by atoms with Crippen molar-refractivity contribution in [2.45, 2.75) is 44.4 Å². The summed E-state index contributed by atoms with van der Waals surface area (Å²) in [6, 6.07) is 0. The fourth-order valence-corrected chi connectivity index (χ4v) is 2.73. The monoisotopic (exact) mass is 210 g/mol. The van der Waals surface area contributed by atoms with Crippen molar-refractivity contribution in [3.05, 3.63) is 16.1 Å². The Kier molecular flexibility index (Phi) is 2.62. The third-order valence-corrected chi connectivity index (χ3v) is 4.19. The van der Waals surface area contributed by atoms with Gasteiger partial charge in [-0.25, -0.2) is 4.98 Å². The molecular weight excluding hydrogens is 192 g/mol. The molecule has 78 valence electrons. The van der Waals surface area contributed by atoms with Crippen LogP contribution in [0.5, 0.6) is 0 Å². The van der Waals surface area contributed by atoms with Crippen LogP contribution in [0.3, 0.4) is 0 Å². The van der Waals surface area contributed by atoms with Crippen LogP contribution in [-0.2, 0) is 5.41 Å². The van der Waals surface area contributed by atoms with Crippen LogP contribution in [0.2, 0.25) is 0 Å². The van der Waals surface area contributed by atoms with Gasteiger partial charge >= 0.3 is 0 Å². The Morgan fingerprint density at radius 2 is 2.29 bits per heavy atom. The second kappa shape index (κ2) is 3.63. The summed E-state index contributed by atoms with van der Waals surface area (Å²) in [5, 5.41) is 3.51. The topological polar surface area (TPSA) is 38.9 Å². The lowest BCUT2D eigenvalue weighted by Gasteiger charge is -2.23. The Labute approximate surface area is 89.5 Å². The van der Waals surface area contributed by atoms with Gasteiger partial charge in [-0.3, -0.25) is 0 Å². The van der Waals surface area contributed by atoms with Crippen molar-refractivity contribution in [3.63, 3.8) is 0 Å². The molecule has 0 amide bonds. The third kappa shape index (κ3) is 1.71. The Balaban J connectivity index is 2.16. The lowest BCUT2D eigenvalue weighted by atomic mass is 9.86. The highest BCUT2D eigenvalue weighted by Gasteiger charge is 2.26. The quantitative estimate of drug-likeness (QED) is 0.833. The van der Waals surface area contributed by atoms with Gasteiger partial charge in [0.05, 0.1) is 10.7 Å².